The van der Waals surface area contributed by atoms with E-state index in [4.69, 9.17) is 0 Å². The number of carbonyl (C=O) groups is 1. The molecular weight excluding hydrogens is 268 g/mol. The fraction of sp³-hybridized carbons (Fsp3) is 0.118. The Hall–Kier alpha value is -2.75. The molecule has 0 atom stereocenters. The summed E-state index contributed by atoms with van der Waals surface area (Å²) in [5.41, 5.74) is 1.86. The van der Waals surface area contributed by atoms with E-state index in [0.29, 0.717) is 18.4 Å². The van der Waals surface area contributed by atoms with Crippen molar-refractivity contribution in [1.29, 1.82) is 0 Å². The SMILES string of the molecule is O=C(O)/C(=C/c1ccc(O)c(O)c1)CCc1ccccc1. The first kappa shape index (κ1) is 14.7. The Kier molecular flexibility index (Phi) is 4.61. The number of aliphatic carboxylic acids is 1. The van der Waals surface area contributed by atoms with Crippen molar-refractivity contribution in [2.45, 2.75) is 12.8 Å². The molecule has 21 heavy (non-hydrogen) atoms. The van der Waals surface area contributed by atoms with Crippen LogP contribution in [0.15, 0.2) is 54.1 Å². The van der Waals surface area contributed by atoms with Gasteiger partial charge in [-0.25, -0.2) is 4.79 Å². The van der Waals surface area contributed by atoms with Gasteiger partial charge in [0.25, 0.3) is 0 Å². The summed E-state index contributed by atoms with van der Waals surface area (Å²) in [5, 5.41) is 27.9. The van der Waals surface area contributed by atoms with Crippen LogP contribution in [0.1, 0.15) is 17.5 Å². The predicted octanol–water partition coefficient (Wildman–Crippen LogP) is 3.20. The van der Waals surface area contributed by atoms with Crippen molar-refractivity contribution in [3.8, 4) is 11.5 Å². The second-order valence-corrected chi connectivity index (χ2v) is 4.71. The molecule has 4 nitrogen and oxygen atoms in total. The second kappa shape index (κ2) is 6.61. The normalized spacial score (nSPS) is 11.3. The number of carboxylic acids is 1. The van der Waals surface area contributed by atoms with Crippen LogP contribution in [0, 0.1) is 0 Å². The second-order valence-electron chi connectivity index (χ2n) is 4.71. The lowest BCUT2D eigenvalue weighted by Crippen LogP contribution is -2.02. The van der Waals surface area contributed by atoms with E-state index in [2.05, 4.69) is 0 Å². The first-order valence-corrected chi connectivity index (χ1v) is 6.56. The molecule has 2 rings (SSSR count). The summed E-state index contributed by atoms with van der Waals surface area (Å²) in [7, 11) is 0. The van der Waals surface area contributed by atoms with Gasteiger partial charge in [-0.3, -0.25) is 0 Å². The van der Waals surface area contributed by atoms with Crippen LogP contribution in [0.4, 0.5) is 0 Å². The maximum absolute atomic E-state index is 11.3. The first-order chi connectivity index (χ1) is 10.1. The van der Waals surface area contributed by atoms with Crippen LogP contribution in [0.3, 0.4) is 0 Å². The van der Waals surface area contributed by atoms with Gasteiger partial charge in [0.2, 0.25) is 0 Å². The predicted molar refractivity (Wildman–Crippen MR) is 80.1 cm³/mol. The maximum atomic E-state index is 11.3. The van der Waals surface area contributed by atoms with Crippen LogP contribution in [-0.4, -0.2) is 21.3 Å². The molecule has 0 spiro atoms. The van der Waals surface area contributed by atoms with Crippen LogP contribution >= 0.6 is 0 Å². The Bertz CT molecular complexity index is 660. The molecule has 0 aromatic heterocycles. The minimum atomic E-state index is -0.988. The van der Waals surface area contributed by atoms with Gasteiger partial charge in [-0.15, -0.1) is 0 Å². The highest BCUT2D eigenvalue weighted by atomic mass is 16.4. The van der Waals surface area contributed by atoms with Gasteiger partial charge in [0, 0.05) is 5.57 Å². The molecule has 0 aliphatic rings. The van der Waals surface area contributed by atoms with Crippen LogP contribution in [0.25, 0.3) is 6.08 Å². The summed E-state index contributed by atoms with van der Waals surface area (Å²) in [6.45, 7) is 0. The standard InChI is InChI=1S/C17H16O4/c18-15-9-7-13(11-16(15)19)10-14(17(20)21)8-6-12-4-2-1-3-5-12/h1-5,7,9-11,18-19H,6,8H2,(H,20,21)/b14-10+. The largest absolute Gasteiger partial charge is 0.504 e. The molecule has 0 amide bonds. The van der Waals surface area contributed by atoms with Gasteiger partial charge in [-0.1, -0.05) is 36.4 Å². The van der Waals surface area contributed by atoms with Gasteiger partial charge in [-0.2, -0.15) is 0 Å². The average Bonchev–Trinajstić information content (AvgIpc) is 2.48. The van der Waals surface area contributed by atoms with Crippen molar-refractivity contribution in [1.82, 2.24) is 0 Å². The molecule has 0 aliphatic heterocycles. The monoisotopic (exact) mass is 284 g/mol. The molecule has 0 heterocycles. The van der Waals surface area contributed by atoms with Crippen molar-refractivity contribution >= 4 is 12.0 Å². The number of benzene rings is 2. The van der Waals surface area contributed by atoms with E-state index in [0.717, 1.165) is 5.56 Å². The topological polar surface area (TPSA) is 77.8 Å². The van der Waals surface area contributed by atoms with E-state index in [1.54, 1.807) is 6.07 Å². The third-order valence-electron chi connectivity index (χ3n) is 3.14. The third-order valence-corrected chi connectivity index (χ3v) is 3.14. The third kappa shape index (κ3) is 4.11. The highest BCUT2D eigenvalue weighted by Gasteiger charge is 2.08. The molecule has 3 N–H and O–H groups in total. The fourth-order valence-corrected chi connectivity index (χ4v) is 2.00. The Labute approximate surface area is 122 Å². The number of rotatable bonds is 5. The summed E-state index contributed by atoms with van der Waals surface area (Å²) in [6, 6.07) is 13.9. The minimum absolute atomic E-state index is 0.228. The van der Waals surface area contributed by atoms with Gasteiger partial charge < -0.3 is 15.3 Å². The summed E-state index contributed by atoms with van der Waals surface area (Å²) >= 11 is 0. The highest BCUT2D eigenvalue weighted by Crippen LogP contribution is 2.26. The van der Waals surface area contributed by atoms with Crippen LogP contribution in [0.2, 0.25) is 0 Å². The number of hydrogen-bond donors (Lipinski definition) is 3. The van der Waals surface area contributed by atoms with Gasteiger partial charge in [0.15, 0.2) is 11.5 Å². The number of aromatic hydroxyl groups is 2. The highest BCUT2D eigenvalue weighted by molar-refractivity contribution is 5.92. The van der Waals surface area contributed by atoms with E-state index in [9.17, 15) is 20.1 Å². The van der Waals surface area contributed by atoms with Crippen LogP contribution < -0.4 is 0 Å². The van der Waals surface area contributed by atoms with Crippen LogP contribution in [-0.2, 0) is 11.2 Å². The number of phenols is 2. The Morgan fingerprint density at radius 2 is 1.71 bits per heavy atom. The van der Waals surface area contributed by atoms with E-state index < -0.39 is 5.97 Å². The van der Waals surface area contributed by atoms with E-state index in [1.807, 2.05) is 30.3 Å². The first-order valence-electron chi connectivity index (χ1n) is 6.56. The molecule has 0 aliphatic carbocycles. The van der Waals surface area contributed by atoms with Crippen LogP contribution in [0.5, 0.6) is 11.5 Å². The zero-order valence-electron chi connectivity index (χ0n) is 11.4. The zero-order valence-corrected chi connectivity index (χ0v) is 11.4. The van der Waals surface area contributed by atoms with Crippen molar-refractivity contribution in [3.05, 3.63) is 65.2 Å². The summed E-state index contributed by atoms with van der Waals surface area (Å²) in [5.74, 6) is -1.48. The number of aryl methyl sites for hydroxylation is 1. The number of hydrogen-bond acceptors (Lipinski definition) is 3. The van der Waals surface area contributed by atoms with Crippen molar-refractivity contribution in [2.24, 2.45) is 0 Å². The summed E-state index contributed by atoms with van der Waals surface area (Å²) in [6.07, 6.45) is 2.52. The van der Waals surface area contributed by atoms with Gasteiger partial charge >= 0.3 is 5.97 Å². The Morgan fingerprint density at radius 3 is 2.33 bits per heavy atom. The molecule has 108 valence electrons. The lowest BCUT2D eigenvalue weighted by atomic mass is 10.0. The van der Waals surface area contributed by atoms with E-state index in [1.165, 1.54) is 18.2 Å². The molecule has 0 unspecified atom stereocenters. The van der Waals surface area contributed by atoms with Crippen molar-refractivity contribution in [3.63, 3.8) is 0 Å². The average molecular weight is 284 g/mol. The smallest absolute Gasteiger partial charge is 0.331 e. The molecule has 0 saturated heterocycles. The molecule has 0 saturated carbocycles. The number of phenolic OH excluding ortho intramolecular Hbond substituents is 2. The van der Waals surface area contributed by atoms with E-state index in [-0.39, 0.29) is 17.1 Å². The van der Waals surface area contributed by atoms with Gasteiger partial charge in [0.1, 0.15) is 0 Å². The summed E-state index contributed by atoms with van der Waals surface area (Å²) < 4.78 is 0. The van der Waals surface area contributed by atoms with Gasteiger partial charge in [0.05, 0.1) is 0 Å². The molecular formula is C17H16O4. The lowest BCUT2D eigenvalue weighted by Gasteiger charge is -2.04. The quantitative estimate of drug-likeness (QED) is 0.582. The van der Waals surface area contributed by atoms with Gasteiger partial charge in [-0.05, 0) is 42.2 Å². The van der Waals surface area contributed by atoms with Crippen molar-refractivity contribution in [2.75, 3.05) is 0 Å². The zero-order chi connectivity index (χ0) is 15.2. The Morgan fingerprint density at radius 1 is 1.00 bits per heavy atom. The molecule has 2 aromatic carbocycles. The lowest BCUT2D eigenvalue weighted by molar-refractivity contribution is -0.132. The number of carboxylic acid groups (broad SMARTS) is 1. The Balaban J connectivity index is 2.16. The molecule has 0 fully saturated rings. The molecule has 0 radical (unpaired) electrons. The summed E-state index contributed by atoms with van der Waals surface area (Å²) in [4.78, 5) is 11.3. The van der Waals surface area contributed by atoms with Crippen molar-refractivity contribution < 1.29 is 20.1 Å². The molecule has 2 aromatic rings. The molecule has 0 bridgehead atoms. The molecule has 4 heteroatoms. The fourth-order valence-electron chi connectivity index (χ4n) is 2.00. The van der Waals surface area contributed by atoms with E-state index >= 15 is 0 Å². The minimum Gasteiger partial charge on any atom is -0.504 e. The maximum Gasteiger partial charge on any atom is 0.331 e.